The second-order valence-corrected chi connectivity index (χ2v) is 13.3. The molecule has 0 amide bonds. The Hall–Kier alpha value is -2.45. The monoisotopic (exact) mass is 591 g/mol. The highest BCUT2D eigenvalue weighted by molar-refractivity contribution is 7.87. The summed E-state index contributed by atoms with van der Waals surface area (Å²) in [6, 6.07) is 17.9. The van der Waals surface area contributed by atoms with Crippen molar-refractivity contribution in [1.29, 1.82) is 0 Å². The molecule has 224 valence electrons. The molecule has 3 heterocycles. The second kappa shape index (κ2) is 11.7. The molecule has 5 rings (SSSR count). The molecule has 12 heteroatoms. The van der Waals surface area contributed by atoms with Crippen LogP contribution in [-0.4, -0.2) is 68.8 Å². The third-order valence-electron chi connectivity index (χ3n) is 7.57. The maximum absolute atomic E-state index is 14.3. The molecular weight excluding hydrogens is 554 g/mol. The Bertz CT molecular complexity index is 1300. The lowest BCUT2D eigenvalue weighted by Crippen LogP contribution is -2.46. The fourth-order valence-electron chi connectivity index (χ4n) is 5.85. The van der Waals surface area contributed by atoms with E-state index < -0.39 is 75.0 Å². The third kappa shape index (κ3) is 6.96. The maximum atomic E-state index is 14.3. The molecule has 0 N–H and O–H groups in total. The van der Waals surface area contributed by atoms with E-state index >= 15 is 0 Å². The molecule has 0 bridgehead atoms. The van der Waals surface area contributed by atoms with E-state index in [1.165, 1.54) is 0 Å². The molecule has 3 aliphatic heterocycles. The van der Waals surface area contributed by atoms with Crippen LogP contribution in [0.5, 0.6) is 0 Å². The van der Waals surface area contributed by atoms with Crippen LogP contribution in [0.2, 0.25) is 0 Å². The number of nitrogens with zero attached hydrogens (tertiary/aromatic N) is 1. The number of fused-ring (bicyclic) bond motifs is 1. The molecular formula is C29H37NO10S. The molecule has 0 spiro atoms. The van der Waals surface area contributed by atoms with Gasteiger partial charge in [-0.15, -0.1) is 0 Å². The molecule has 7 atom stereocenters. The first-order valence-electron chi connectivity index (χ1n) is 13.8. The van der Waals surface area contributed by atoms with E-state index in [4.69, 9.17) is 27.9 Å². The van der Waals surface area contributed by atoms with Crippen LogP contribution in [0, 0.1) is 16.0 Å². The minimum absolute atomic E-state index is 0.156. The highest BCUT2D eigenvalue weighted by Gasteiger charge is 2.60. The molecule has 3 fully saturated rings. The predicted molar refractivity (Wildman–Crippen MR) is 147 cm³/mol. The number of rotatable bonds is 11. The minimum atomic E-state index is -4.49. The summed E-state index contributed by atoms with van der Waals surface area (Å²) >= 11 is 0. The molecule has 0 aromatic heterocycles. The van der Waals surface area contributed by atoms with Gasteiger partial charge in [-0.25, -0.2) is 0 Å². The normalized spacial score (nSPS) is 30.1. The van der Waals surface area contributed by atoms with Gasteiger partial charge in [-0.1, -0.05) is 60.7 Å². The van der Waals surface area contributed by atoms with E-state index in [1.807, 2.05) is 30.3 Å². The fraction of sp³-hybridized carbons (Fsp3) is 0.586. The van der Waals surface area contributed by atoms with Crippen molar-refractivity contribution < 1.29 is 41.2 Å². The van der Waals surface area contributed by atoms with E-state index in [9.17, 15) is 18.5 Å². The fourth-order valence-corrected chi connectivity index (χ4v) is 7.68. The Balaban J connectivity index is 1.48. The Kier molecular flexibility index (Phi) is 8.55. The Morgan fingerprint density at radius 3 is 2.22 bits per heavy atom. The summed E-state index contributed by atoms with van der Waals surface area (Å²) in [6.07, 6.45) is -3.69. The highest BCUT2D eigenvalue weighted by Crippen LogP contribution is 2.44. The van der Waals surface area contributed by atoms with Crippen LogP contribution in [0.4, 0.5) is 0 Å². The van der Waals surface area contributed by atoms with Crippen LogP contribution in [0.25, 0.3) is 0 Å². The molecule has 3 saturated heterocycles. The lowest BCUT2D eigenvalue weighted by atomic mass is 9.92. The average Bonchev–Trinajstić information content (AvgIpc) is 3.52. The van der Waals surface area contributed by atoms with E-state index in [2.05, 4.69) is 0 Å². The van der Waals surface area contributed by atoms with Crippen molar-refractivity contribution in [2.24, 2.45) is 5.92 Å². The van der Waals surface area contributed by atoms with Gasteiger partial charge in [0.15, 0.2) is 17.9 Å². The summed E-state index contributed by atoms with van der Waals surface area (Å²) < 4.78 is 64.4. The first-order valence-corrected chi connectivity index (χ1v) is 15.3. The van der Waals surface area contributed by atoms with E-state index in [0.29, 0.717) is 12.0 Å². The van der Waals surface area contributed by atoms with Gasteiger partial charge in [0.1, 0.15) is 29.7 Å². The smallest absolute Gasteiger partial charge is 0.275 e. The average molecular weight is 592 g/mol. The van der Waals surface area contributed by atoms with Gasteiger partial charge in [0.05, 0.1) is 6.61 Å². The first-order chi connectivity index (χ1) is 19.3. The lowest BCUT2D eigenvalue weighted by Gasteiger charge is -2.31. The zero-order chi connectivity index (χ0) is 29.4. The quantitative estimate of drug-likeness (QED) is 0.215. The van der Waals surface area contributed by atoms with Crippen LogP contribution < -0.4 is 0 Å². The molecule has 0 saturated carbocycles. The second-order valence-electron chi connectivity index (χ2n) is 11.6. The third-order valence-corrected chi connectivity index (χ3v) is 9.34. The summed E-state index contributed by atoms with van der Waals surface area (Å²) in [5, 5.41) is 10.5. The molecule has 3 aliphatic rings. The van der Waals surface area contributed by atoms with Crippen LogP contribution in [0.1, 0.15) is 50.5 Å². The number of nitro groups is 1. The standard InChI is InChI=1S/C29H37NO10S/c1-28(2)35-18-22(37-28)23-24(25-27(36-23)39-29(3,4)38-25)40-41(33,34)26(20-13-9-6-10-14-20)21(17-30(31)32)16-15-19-11-7-5-8-12-19/h5-14,21-27H,15-18H2,1-4H3/t21-,22-,23-,24-,25-,26+,27-/m1/s1. The van der Waals surface area contributed by atoms with Gasteiger partial charge in [0.25, 0.3) is 10.1 Å². The molecule has 41 heavy (non-hydrogen) atoms. The van der Waals surface area contributed by atoms with E-state index in [1.54, 1.807) is 58.0 Å². The van der Waals surface area contributed by atoms with Gasteiger partial charge >= 0.3 is 0 Å². The first kappa shape index (κ1) is 30.0. The largest absolute Gasteiger partial charge is 0.348 e. The molecule has 0 aliphatic carbocycles. The minimum Gasteiger partial charge on any atom is -0.348 e. The molecule has 0 radical (unpaired) electrons. The van der Waals surface area contributed by atoms with Crippen LogP contribution in [0.3, 0.4) is 0 Å². The predicted octanol–water partition coefficient (Wildman–Crippen LogP) is 4.00. The summed E-state index contributed by atoms with van der Waals surface area (Å²) in [7, 11) is -4.49. The summed E-state index contributed by atoms with van der Waals surface area (Å²) in [6.45, 7) is 6.53. The summed E-state index contributed by atoms with van der Waals surface area (Å²) in [4.78, 5) is 11.3. The summed E-state index contributed by atoms with van der Waals surface area (Å²) in [5.41, 5.74) is 1.36. The van der Waals surface area contributed by atoms with Gasteiger partial charge in [-0.05, 0) is 51.7 Å². The van der Waals surface area contributed by atoms with Crippen molar-refractivity contribution in [2.75, 3.05) is 13.2 Å². The number of hydrogen-bond donors (Lipinski definition) is 0. The molecule has 2 aromatic rings. The van der Waals surface area contributed by atoms with Crippen molar-refractivity contribution in [3.05, 3.63) is 81.9 Å². The lowest BCUT2D eigenvalue weighted by molar-refractivity contribution is -0.488. The number of benzene rings is 2. The Labute approximate surface area is 240 Å². The van der Waals surface area contributed by atoms with Gasteiger partial charge in [0.2, 0.25) is 6.54 Å². The Morgan fingerprint density at radius 1 is 0.951 bits per heavy atom. The Morgan fingerprint density at radius 2 is 1.61 bits per heavy atom. The van der Waals surface area contributed by atoms with Gasteiger partial charge in [-0.3, -0.25) is 14.3 Å². The van der Waals surface area contributed by atoms with Crippen molar-refractivity contribution in [2.45, 2.75) is 88.1 Å². The van der Waals surface area contributed by atoms with Crippen molar-refractivity contribution in [3.63, 3.8) is 0 Å². The number of aryl methyl sites for hydroxylation is 1. The molecule has 2 aromatic carbocycles. The number of hydrogen-bond acceptors (Lipinski definition) is 10. The van der Waals surface area contributed by atoms with Crippen LogP contribution >= 0.6 is 0 Å². The van der Waals surface area contributed by atoms with E-state index in [0.717, 1.165) is 5.56 Å². The van der Waals surface area contributed by atoms with Crippen molar-refractivity contribution >= 4 is 10.1 Å². The highest BCUT2D eigenvalue weighted by atomic mass is 32.2. The topological polar surface area (TPSA) is 133 Å². The summed E-state index contributed by atoms with van der Waals surface area (Å²) in [5.74, 6) is -2.80. The molecule has 0 unspecified atom stereocenters. The van der Waals surface area contributed by atoms with Crippen LogP contribution in [0.15, 0.2) is 60.7 Å². The van der Waals surface area contributed by atoms with Crippen LogP contribution in [-0.2, 0) is 44.4 Å². The number of ether oxygens (including phenoxy) is 5. The van der Waals surface area contributed by atoms with E-state index in [-0.39, 0.29) is 13.0 Å². The maximum Gasteiger partial charge on any atom is 0.275 e. The zero-order valence-electron chi connectivity index (χ0n) is 23.6. The van der Waals surface area contributed by atoms with Gasteiger partial charge in [0, 0.05) is 10.8 Å². The van der Waals surface area contributed by atoms with Crippen molar-refractivity contribution in [3.8, 4) is 0 Å². The van der Waals surface area contributed by atoms with Crippen molar-refractivity contribution in [1.82, 2.24) is 0 Å². The van der Waals surface area contributed by atoms with Gasteiger partial charge < -0.3 is 23.7 Å². The molecule has 11 nitrogen and oxygen atoms in total. The van der Waals surface area contributed by atoms with Gasteiger partial charge in [-0.2, -0.15) is 8.42 Å². The zero-order valence-corrected chi connectivity index (χ0v) is 24.4. The SMILES string of the molecule is CC1(C)O[C@H]2O[C@H]([C@H]3COC(C)(C)O3)[C@@H](OS(=O)(=O)[C@@H](c3ccccc3)[C@H](CCc3ccccc3)C[N+](=O)[O-])[C@H]2O1.